The molecule has 0 atom stereocenters. The van der Waals surface area contributed by atoms with Crippen LogP contribution in [0.25, 0.3) is 11.4 Å². The fourth-order valence-electron chi connectivity index (χ4n) is 2.18. The van der Waals surface area contributed by atoms with Gasteiger partial charge in [-0.2, -0.15) is 14.9 Å². The summed E-state index contributed by atoms with van der Waals surface area (Å²) >= 11 is 12.2. The van der Waals surface area contributed by atoms with E-state index in [1.165, 1.54) is 0 Å². The zero-order valence-electron chi connectivity index (χ0n) is 12.5. The minimum absolute atomic E-state index is 0.415. The maximum Gasteiger partial charge on any atom is 0.216 e. The molecule has 122 valence electrons. The van der Waals surface area contributed by atoms with Gasteiger partial charge in [-0.3, -0.25) is 0 Å². The number of benzene rings is 2. The number of nitrogens with one attached hydrogen (secondary N) is 1. The van der Waals surface area contributed by atoms with E-state index in [0.717, 1.165) is 20.1 Å². The first-order chi connectivity index (χ1) is 11.6. The number of hydrogen-bond donors (Lipinski definition) is 1. The molecular weight excluding hydrogens is 456 g/mol. The van der Waals surface area contributed by atoms with Gasteiger partial charge in [-0.1, -0.05) is 46.3 Å². The lowest BCUT2D eigenvalue weighted by atomic mass is 10.2. The van der Waals surface area contributed by atoms with Gasteiger partial charge in [0.05, 0.1) is 17.8 Å². The van der Waals surface area contributed by atoms with Crippen LogP contribution in [0.3, 0.4) is 0 Å². The Bertz CT molecular complexity index is 950. The molecule has 1 heterocycles. The maximum atomic E-state index is 5.43. The smallest absolute Gasteiger partial charge is 0.216 e. The maximum absolute atomic E-state index is 5.43. The molecule has 0 bridgehead atoms. The van der Waals surface area contributed by atoms with Crippen molar-refractivity contribution in [2.45, 2.75) is 0 Å². The van der Waals surface area contributed by atoms with Gasteiger partial charge in [0.25, 0.3) is 0 Å². The molecule has 0 aliphatic rings. The summed E-state index contributed by atoms with van der Waals surface area (Å²) in [5.41, 5.74) is 1.73. The van der Waals surface area contributed by atoms with Crippen molar-refractivity contribution in [2.24, 2.45) is 5.10 Å². The largest absolute Gasteiger partial charge is 0.495 e. The highest BCUT2D eigenvalue weighted by Gasteiger charge is 2.10. The number of methoxy groups -OCH3 is 1. The number of nitrogens with zero attached hydrogens (tertiary/aromatic N) is 3. The number of aromatic amines is 1. The highest BCUT2D eigenvalue weighted by Crippen LogP contribution is 2.31. The second kappa shape index (κ2) is 7.42. The van der Waals surface area contributed by atoms with Crippen molar-refractivity contribution in [1.29, 1.82) is 0 Å². The lowest BCUT2D eigenvalue weighted by Gasteiger charge is -2.08. The van der Waals surface area contributed by atoms with Crippen molar-refractivity contribution in [2.75, 3.05) is 7.11 Å². The van der Waals surface area contributed by atoms with Gasteiger partial charge in [-0.15, -0.1) is 0 Å². The summed E-state index contributed by atoms with van der Waals surface area (Å²) in [4.78, 5) is 0. The van der Waals surface area contributed by atoms with Crippen LogP contribution in [-0.2, 0) is 0 Å². The monoisotopic (exact) mass is 466 g/mol. The van der Waals surface area contributed by atoms with E-state index in [-0.39, 0.29) is 0 Å². The van der Waals surface area contributed by atoms with Crippen LogP contribution < -0.4 is 4.74 Å². The second-order valence-corrected chi connectivity index (χ2v) is 6.94. The van der Waals surface area contributed by atoms with Crippen LogP contribution in [0.2, 0.25) is 0 Å². The predicted molar refractivity (Wildman–Crippen MR) is 104 cm³/mol. The Labute approximate surface area is 160 Å². The summed E-state index contributed by atoms with van der Waals surface area (Å²) in [5.74, 6) is 1.34. The van der Waals surface area contributed by atoms with Crippen molar-refractivity contribution >= 4 is 50.3 Å². The summed E-state index contributed by atoms with van der Waals surface area (Å²) < 4.78 is 9.17. The molecule has 1 aromatic heterocycles. The molecule has 5 nitrogen and oxygen atoms in total. The van der Waals surface area contributed by atoms with E-state index >= 15 is 0 Å². The quantitative estimate of drug-likeness (QED) is 0.432. The molecular formula is C16H12Br2N4OS. The fraction of sp³-hybridized carbons (Fsp3) is 0.0625. The highest BCUT2D eigenvalue weighted by molar-refractivity contribution is 9.11. The molecule has 0 amide bonds. The molecule has 0 aliphatic carbocycles. The summed E-state index contributed by atoms with van der Waals surface area (Å²) in [6.45, 7) is 0. The number of aromatic nitrogens is 3. The third-order valence-corrected chi connectivity index (χ3v) is 4.55. The molecule has 2 aromatic carbocycles. The van der Waals surface area contributed by atoms with Crippen LogP contribution >= 0.6 is 44.1 Å². The molecule has 3 rings (SSSR count). The zero-order chi connectivity index (χ0) is 17.1. The first-order valence-corrected chi connectivity index (χ1v) is 8.90. The number of hydrogen-bond acceptors (Lipinski definition) is 4. The van der Waals surface area contributed by atoms with Gasteiger partial charge in [0.15, 0.2) is 5.82 Å². The minimum atomic E-state index is 0.415. The van der Waals surface area contributed by atoms with Crippen LogP contribution in [0.5, 0.6) is 5.75 Å². The fourth-order valence-corrected chi connectivity index (χ4v) is 3.78. The van der Waals surface area contributed by atoms with E-state index in [9.17, 15) is 0 Å². The SMILES string of the molecule is COc1c(Br)cc(Br)cc1/C=N\n1c(-c2ccccc2)n[nH]c1=S. The Morgan fingerprint density at radius 1 is 1.25 bits per heavy atom. The average Bonchev–Trinajstić information content (AvgIpc) is 2.94. The normalized spacial score (nSPS) is 11.1. The van der Waals surface area contributed by atoms with Gasteiger partial charge < -0.3 is 4.74 Å². The van der Waals surface area contributed by atoms with Crippen molar-refractivity contribution in [3.05, 3.63) is 61.7 Å². The standard InChI is InChI=1S/C16H12Br2N4OS/c1-23-14-11(7-12(17)8-13(14)18)9-19-22-15(20-21-16(22)24)10-5-3-2-4-6-10/h2-9H,1H3,(H,21,24)/b19-9-. The van der Waals surface area contributed by atoms with Gasteiger partial charge in [0.2, 0.25) is 4.77 Å². The van der Waals surface area contributed by atoms with Gasteiger partial charge in [0.1, 0.15) is 5.75 Å². The van der Waals surface area contributed by atoms with Gasteiger partial charge >= 0.3 is 0 Å². The minimum Gasteiger partial charge on any atom is -0.495 e. The topological polar surface area (TPSA) is 55.2 Å². The van der Waals surface area contributed by atoms with E-state index in [1.807, 2.05) is 42.5 Å². The summed E-state index contributed by atoms with van der Waals surface area (Å²) in [6, 6.07) is 13.6. The Hall–Kier alpha value is -1.77. The molecule has 0 spiro atoms. The van der Waals surface area contributed by atoms with Crippen LogP contribution in [0.4, 0.5) is 0 Å². The molecule has 0 radical (unpaired) electrons. The summed E-state index contributed by atoms with van der Waals surface area (Å²) in [6.07, 6.45) is 1.69. The molecule has 0 saturated heterocycles. The Morgan fingerprint density at radius 3 is 2.71 bits per heavy atom. The number of H-pyrrole nitrogens is 1. The van der Waals surface area contributed by atoms with Crippen LogP contribution in [-0.4, -0.2) is 28.2 Å². The predicted octanol–water partition coefficient (Wildman–Crippen LogP) is 5.02. The first kappa shape index (κ1) is 17.1. The van der Waals surface area contributed by atoms with Crippen molar-refractivity contribution in [3.8, 4) is 17.1 Å². The average molecular weight is 468 g/mol. The molecule has 0 unspecified atom stereocenters. The van der Waals surface area contributed by atoms with Gasteiger partial charge in [0, 0.05) is 15.6 Å². The Balaban J connectivity index is 2.06. The number of ether oxygens (including phenoxy) is 1. The zero-order valence-corrected chi connectivity index (χ0v) is 16.5. The summed E-state index contributed by atoms with van der Waals surface area (Å²) in [5, 5.41) is 11.5. The third kappa shape index (κ3) is 3.50. The van der Waals surface area contributed by atoms with E-state index in [2.05, 4.69) is 47.2 Å². The van der Waals surface area contributed by atoms with Crippen molar-refractivity contribution in [1.82, 2.24) is 14.9 Å². The molecule has 24 heavy (non-hydrogen) atoms. The molecule has 1 N–H and O–H groups in total. The number of rotatable bonds is 4. The Morgan fingerprint density at radius 2 is 2.00 bits per heavy atom. The van der Waals surface area contributed by atoms with E-state index in [0.29, 0.717) is 16.3 Å². The molecule has 8 heteroatoms. The van der Waals surface area contributed by atoms with Crippen LogP contribution in [0.1, 0.15) is 5.56 Å². The second-order valence-electron chi connectivity index (χ2n) is 4.78. The van der Waals surface area contributed by atoms with Crippen LogP contribution in [0.15, 0.2) is 56.5 Å². The van der Waals surface area contributed by atoms with E-state index in [1.54, 1.807) is 18.0 Å². The van der Waals surface area contributed by atoms with Gasteiger partial charge in [-0.25, -0.2) is 5.10 Å². The van der Waals surface area contributed by atoms with Crippen LogP contribution in [0, 0.1) is 4.77 Å². The Kier molecular flexibility index (Phi) is 5.27. The van der Waals surface area contributed by atoms with E-state index < -0.39 is 0 Å². The molecule has 0 aliphatic heterocycles. The third-order valence-electron chi connectivity index (χ3n) is 3.24. The molecule has 0 saturated carbocycles. The molecule has 3 aromatic rings. The lowest BCUT2D eigenvalue weighted by Crippen LogP contribution is -1.97. The van der Waals surface area contributed by atoms with E-state index in [4.69, 9.17) is 17.0 Å². The number of halogens is 2. The molecule has 0 fully saturated rings. The van der Waals surface area contributed by atoms with Crippen molar-refractivity contribution in [3.63, 3.8) is 0 Å². The summed E-state index contributed by atoms with van der Waals surface area (Å²) in [7, 11) is 1.62. The van der Waals surface area contributed by atoms with Crippen molar-refractivity contribution < 1.29 is 4.74 Å². The first-order valence-electron chi connectivity index (χ1n) is 6.90. The highest BCUT2D eigenvalue weighted by atomic mass is 79.9. The lowest BCUT2D eigenvalue weighted by molar-refractivity contribution is 0.411. The van der Waals surface area contributed by atoms with Gasteiger partial charge in [-0.05, 0) is 40.3 Å².